The van der Waals surface area contributed by atoms with Gasteiger partial charge in [0.05, 0.1) is 19.8 Å². The van der Waals surface area contributed by atoms with Crippen LogP contribution in [0.4, 0.5) is 0 Å². The number of likely N-dealkylation sites (N-methyl/N-ethyl adjacent to an activating group) is 1. The number of hydrogen-bond donors (Lipinski definition) is 2. The largest absolute Gasteiger partial charge is 0.497 e. The van der Waals surface area contributed by atoms with Gasteiger partial charge in [-0.1, -0.05) is 6.07 Å². The van der Waals surface area contributed by atoms with Crippen molar-refractivity contribution in [2.75, 3.05) is 27.8 Å². The van der Waals surface area contributed by atoms with Crippen LogP contribution in [0.25, 0.3) is 0 Å². The number of nitrogens with one attached hydrogen (secondary N) is 1. The molecule has 1 aromatic carbocycles. The van der Waals surface area contributed by atoms with E-state index in [0.717, 1.165) is 16.9 Å². The van der Waals surface area contributed by atoms with Gasteiger partial charge in [-0.15, -0.1) is 0 Å². The summed E-state index contributed by atoms with van der Waals surface area (Å²) in [6, 6.07) is 5.62. The van der Waals surface area contributed by atoms with Crippen LogP contribution in [0.15, 0.2) is 18.2 Å². The Hall–Kier alpha value is -1.10. The van der Waals surface area contributed by atoms with Crippen molar-refractivity contribution < 1.29 is 14.6 Å². The van der Waals surface area contributed by atoms with Gasteiger partial charge in [-0.25, -0.2) is 0 Å². The van der Waals surface area contributed by atoms with Crippen LogP contribution in [-0.4, -0.2) is 32.9 Å². The topological polar surface area (TPSA) is 50.7 Å². The molecule has 1 rings (SSSR count). The van der Waals surface area contributed by atoms with Crippen LogP contribution in [0.1, 0.15) is 17.2 Å². The molecule has 0 spiro atoms. The SMILES string of the molecule is CNCC(O)c1cc(OC)ccc1COC. The Bertz CT molecular complexity index is 328. The molecule has 1 aromatic rings. The molecule has 4 heteroatoms. The molecule has 0 aromatic heterocycles. The van der Waals surface area contributed by atoms with Gasteiger partial charge in [0.15, 0.2) is 0 Å². The standard InChI is InChI=1S/C12H19NO3/c1-13-7-12(14)11-6-10(16-3)5-4-9(11)8-15-2/h4-6,12-14H,7-8H2,1-3H3. The number of aliphatic hydroxyl groups excluding tert-OH is 1. The van der Waals surface area contributed by atoms with E-state index in [1.54, 1.807) is 21.3 Å². The van der Waals surface area contributed by atoms with Crippen LogP contribution in [-0.2, 0) is 11.3 Å². The average Bonchev–Trinajstić information content (AvgIpc) is 2.30. The molecule has 0 bridgehead atoms. The van der Waals surface area contributed by atoms with E-state index in [2.05, 4.69) is 5.32 Å². The van der Waals surface area contributed by atoms with Crippen molar-refractivity contribution in [3.8, 4) is 5.75 Å². The van der Waals surface area contributed by atoms with Gasteiger partial charge >= 0.3 is 0 Å². The number of ether oxygens (including phenoxy) is 2. The first-order valence-electron chi connectivity index (χ1n) is 5.21. The van der Waals surface area contributed by atoms with E-state index in [0.29, 0.717) is 13.2 Å². The maximum atomic E-state index is 9.97. The lowest BCUT2D eigenvalue weighted by molar-refractivity contribution is 0.161. The predicted molar refractivity (Wildman–Crippen MR) is 62.6 cm³/mol. The molecule has 0 amide bonds. The van der Waals surface area contributed by atoms with Gasteiger partial charge in [0, 0.05) is 13.7 Å². The predicted octanol–water partition coefficient (Wildman–Crippen LogP) is 1.09. The van der Waals surface area contributed by atoms with Crippen molar-refractivity contribution in [3.63, 3.8) is 0 Å². The highest BCUT2D eigenvalue weighted by atomic mass is 16.5. The molecule has 1 atom stereocenters. The minimum Gasteiger partial charge on any atom is -0.497 e. The molecule has 16 heavy (non-hydrogen) atoms. The fraction of sp³-hybridized carbons (Fsp3) is 0.500. The number of methoxy groups -OCH3 is 2. The fourth-order valence-electron chi connectivity index (χ4n) is 1.60. The van der Waals surface area contributed by atoms with Crippen molar-refractivity contribution in [2.24, 2.45) is 0 Å². The lowest BCUT2D eigenvalue weighted by Crippen LogP contribution is -2.18. The van der Waals surface area contributed by atoms with Gasteiger partial charge < -0.3 is 19.9 Å². The summed E-state index contributed by atoms with van der Waals surface area (Å²) in [6.45, 7) is 0.990. The normalized spacial score (nSPS) is 12.5. The Kier molecular flexibility index (Phi) is 5.25. The van der Waals surface area contributed by atoms with E-state index >= 15 is 0 Å². The minimum absolute atomic E-state index is 0.486. The Labute approximate surface area is 96.2 Å². The fourth-order valence-corrected chi connectivity index (χ4v) is 1.60. The minimum atomic E-state index is -0.551. The first kappa shape index (κ1) is 13.0. The summed E-state index contributed by atoms with van der Waals surface area (Å²) in [7, 11) is 5.05. The zero-order valence-electron chi connectivity index (χ0n) is 9.99. The summed E-state index contributed by atoms with van der Waals surface area (Å²) in [5, 5.41) is 12.9. The Balaban J connectivity index is 2.99. The molecule has 0 aliphatic carbocycles. The number of aliphatic hydroxyl groups is 1. The molecule has 0 saturated heterocycles. The van der Waals surface area contributed by atoms with E-state index < -0.39 is 6.10 Å². The number of hydrogen-bond acceptors (Lipinski definition) is 4. The van der Waals surface area contributed by atoms with E-state index in [9.17, 15) is 5.11 Å². The highest BCUT2D eigenvalue weighted by Gasteiger charge is 2.12. The van der Waals surface area contributed by atoms with Crippen LogP contribution in [0.2, 0.25) is 0 Å². The second-order valence-corrected chi connectivity index (χ2v) is 3.57. The van der Waals surface area contributed by atoms with Gasteiger partial charge in [-0.3, -0.25) is 0 Å². The molecule has 0 fully saturated rings. The van der Waals surface area contributed by atoms with Crippen LogP contribution >= 0.6 is 0 Å². The Morgan fingerprint density at radius 2 is 2.12 bits per heavy atom. The molecular formula is C12H19NO3. The zero-order chi connectivity index (χ0) is 12.0. The quantitative estimate of drug-likeness (QED) is 0.761. The van der Waals surface area contributed by atoms with Gasteiger partial charge in [0.2, 0.25) is 0 Å². The number of benzene rings is 1. The highest BCUT2D eigenvalue weighted by molar-refractivity contribution is 5.37. The third-order valence-electron chi connectivity index (χ3n) is 2.41. The van der Waals surface area contributed by atoms with E-state index in [4.69, 9.17) is 9.47 Å². The summed E-state index contributed by atoms with van der Waals surface area (Å²) in [5.41, 5.74) is 1.82. The number of rotatable bonds is 6. The third kappa shape index (κ3) is 3.20. The van der Waals surface area contributed by atoms with Crippen LogP contribution in [0, 0.1) is 0 Å². The molecular weight excluding hydrogens is 206 g/mol. The molecule has 0 heterocycles. The smallest absolute Gasteiger partial charge is 0.119 e. The van der Waals surface area contributed by atoms with Crippen molar-refractivity contribution in [1.29, 1.82) is 0 Å². The van der Waals surface area contributed by atoms with Gasteiger partial charge in [-0.2, -0.15) is 0 Å². The van der Waals surface area contributed by atoms with Crippen molar-refractivity contribution in [3.05, 3.63) is 29.3 Å². The zero-order valence-corrected chi connectivity index (χ0v) is 9.99. The Morgan fingerprint density at radius 3 is 2.69 bits per heavy atom. The first-order chi connectivity index (χ1) is 7.72. The van der Waals surface area contributed by atoms with E-state index in [-0.39, 0.29) is 0 Å². The van der Waals surface area contributed by atoms with E-state index in [1.165, 1.54) is 0 Å². The summed E-state index contributed by atoms with van der Waals surface area (Å²) in [4.78, 5) is 0. The molecule has 0 radical (unpaired) electrons. The van der Waals surface area contributed by atoms with Crippen molar-refractivity contribution in [2.45, 2.75) is 12.7 Å². The molecule has 90 valence electrons. The van der Waals surface area contributed by atoms with Gasteiger partial charge in [0.25, 0.3) is 0 Å². The molecule has 2 N–H and O–H groups in total. The lowest BCUT2D eigenvalue weighted by Gasteiger charge is -2.16. The molecule has 1 unspecified atom stereocenters. The van der Waals surface area contributed by atoms with Gasteiger partial charge in [0.1, 0.15) is 5.75 Å². The summed E-state index contributed by atoms with van der Waals surface area (Å²) < 4.78 is 10.2. The second kappa shape index (κ2) is 6.48. The van der Waals surface area contributed by atoms with Crippen molar-refractivity contribution >= 4 is 0 Å². The summed E-state index contributed by atoms with van der Waals surface area (Å²) in [6.07, 6.45) is -0.551. The van der Waals surface area contributed by atoms with Crippen LogP contribution in [0.3, 0.4) is 0 Å². The maximum absolute atomic E-state index is 9.97. The van der Waals surface area contributed by atoms with Gasteiger partial charge in [-0.05, 0) is 30.3 Å². The maximum Gasteiger partial charge on any atom is 0.119 e. The lowest BCUT2D eigenvalue weighted by atomic mass is 10.0. The molecule has 4 nitrogen and oxygen atoms in total. The van der Waals surface area contributed by atoms with Crippen LogP contribution in [0.5, 0.6) is 5.75 Å². The van der Waals surface area contributed by atoms with Crippen molar-refractivity contribution in [1.82, 2.24) is 5.32 Å². The Morgan fingerprint density at radius 1 is 1.38 bits per heavy atom. The summed E-state index contributed by atoms with van der Waals surface area (Å²) >= 11 is 0. The highest BCUT2D eigenvalue weighted by Crippen LogP contribution is 2.24. The summed E-state index contributed by atoms with van der Waals surface area (Å²) in [5.74, 6) is 0.741. The van der Waals surface area contributed by atoms with E-state index in [1.807, 2.05) is 18.2 Å². The third-order valence-corrected chi connectivity index (χ3v) is 2.41. The molecule has 0 saturated carbocycles. The monoisotopic (exact) mass is 225 g/mol. The average molecular weight is 225 g/mol. The first-order valence-corrected chi connectivity index (χ1v) is 5.21. The van der Waals surface area contributed by atoms with Crippen LogP contribution < -0.4 is 10.1 Å². The molecule has 0 aliphatic heterocycles. The second-order valence-electron chi connectivity index (χ2n) is 3.57. The molecule has 0 aliphatic rings.